The van der Waals surface area contributed by atoms with Crippen LogP contribution in [0.1, 0.15) is 49.9 Å². The summed E-state index contributed by atoms with van der Waals surface area (Å²) in [5.41, 5.74) is 1.89. The average Bonchev–Trinajstić information content (AvgIpc) is 3.18. The standard InChI is InChI=1S/C31H40N2O6/c1-5-38-25-10-7-23(8-11-25)28-27(29(34)24-9-12-26(22(4)19-24)39-20-21(2)3)30(35)31(36)33(28)14-6-13-32-15-17-37-18-16-32/h7-12,19,21,28,34H,5-6,13-18,20H2,1-4H3. The molecule has 2 saturated heterocycles. The van der Waals surface area contributed by atoms with E-state index in [1.54, 1.807) is 23.1 Å². The van der Waals surface area contributed by atoms with E-state index < -0.39 is 23.5 Å². The lowest BCUT2D eigenvalue weighted by molar-refractivity contribution is -0.908. The van der Waals surface area contributed by atoms with Crippen LogP contribution in [0.4, 0.5) is 0 Å². The highest BCUT2D eigenvalue weighted by Crippen LogP contribution is 2.39. The zero-order chi connectivity index (χ0) is 27.9. The molecule has 1 unspecified atom stereocenters. The molecule has 0 saturated carbocycles. The van der Waals surface area contributed by atoms with E-state index in [1.165, 1.54) is 4.90 Å². The Bertz CT molecular complexity index is 1180. The average molecular weight is 537 g/mol. The van der Waals surface area contributed by atoms with Crippen LogP contribution < -0.4 is 19.5 Å². The highest BCUT2D eigenvalue weighted by atomic mass is 16.5. The second-order valence-corrected chi connectivity index (χ2v) is 10.6. The predicted octanol–water partition coefficient (Wildman–Crippen LogP) is 1.96. The quantitative estimate of drug-likeness (QED) is 0.268. The Morgan fingerprint density at radius 2 is 1.82 bits per heavy atom. The maximum Gasteiger partial charge on any atom is 0.295 e. The summed E-state index contributed by atoms with van der Waals surface area (Å²) in [5.74, 6) is -0.00594. The predicted molar refractivity (Wildman–Crippen MR) is 147 cm³/mol. The molecule has 4 rings (SSSR count). The highest BCUT2D eigenvalue weighted by molar-refractivity contribution is 6.46. The largest absolute Gasteiger partial charge is 0.872 e. The Labute approximate surface area is 231 Å². The molecule has 2 heterocycles. The first kappa shape index (κ1) is 28.6. The first-order valence-corrected chi connectivity index (χ1v) is 13.9. The maximum absolute atomic E-state index is 13.8. The molecule has 1 atom stereocenters. The molecule has 0 spiro atoms. The molecular weight excluding hydrogens is 496 g/mol. The van der Waals surface area contributed by atoms with Gasteiger partial charge in [0.05, 0.1) is 39.0 Å². The van der Waals surface area contributed by atoms with Crippen LogP contribution in [0.5, 0.6) is 11.5 Å². The number of quaternary nitrogens is 1. The Morgan fingerprint density at radius 3 is 2.46 bits per heavy atom. The van der Waals surface area contributed by atoms with E-state index in [0.717, 1.165) is 44.8 Å². The van der Waals surface area contributed by atoms with Gasteiger partial charge in [0, 0.05) is 18.5 Å². The lowest BCUT2D eigenvalue weighted by Crippen LogP contribution is -3.14. The summed E-state index contributed by atoms with van der Waals surface area (Å²) >= 11 is 0. The van der Waals surface area contributed by atoms with Gasteiger partial charge in [0.25, 0.3) is 5.91 Å². The monoisotopic (exact) mass is 536 g/mol. The van der Waals surface area contributed by atoms with E-state index in [1.807, 2.05) is 38.1 Å². The smallest absolute Gasteiger partial charge is 0.295 e. The number of carbonyl (C=O) groups is 2. The second-order valence-electron chi connectivity index (χ2n) is 10.6. The lowest BCUT2D eigenvalue weighted by atomic mass is 9.94. The van der Waals surface area contributed by atoms with Gasteiger partial charge in [-0.2, -0.15) is 0 Å². The molecule has 1 amide bonds. The van der Waals surface area contributed by atoms with Crippen LogP contribution in [0.15, 0.2) is 48.0 Å². The van der Waals surface area contributed by atoms with Crippen molar-refractivity contribution in [1.29, 1.82) is 0 Å². The SMILES string of the molecule is CCOc1ccc(C2C(=C([O-])c3ccc(OCC(C)C)c(C)c3)C(=O)C(=O)N2CCC[NH+]2CCOCC2)cc1. The van der Waals surface area contributed by atoms with Crippen molar-refractivity contribution in [3.05, 3.63) is 64.7 Å². The van der Waals surface area contributed by atoms with E-state index >= 15 is 0 Å². The molecule has 8 heteroatoms. The first-order valence-electron chi connectivity index (χ1n) is 13.9. The van der Waals surface area contributed by atoms with Crippen molar-refractivity contribution in [2.75, 3.05) is 52.6 Å². The molecule has 2 aromatic carbocycles. The molecular formula is C31H40N2O6. The number of hydrogen-bond donors (Lipinski definition) is 1. The van der Waals surface area contributed by atoms with Crippen molar-refractivity contribution in [1.82, 2.24) is 4.90 Å². The minimum atomic E-state index is -0.745. The molecule has 8 nitrogen and oxygen atoms in total. The summed E-state index contributed by atoms with van der Waals surface area (Å²) in [4.78, 5) is 29.6. The van der Waals surface area contributed by atoms with Gasteiger partial charge >= 0.3 is 0 Å². The van der Waals surface area contributed by atoms with Gasteiger partial charge in [0.2, 0.25) is 5.78 Å². The fourth-order valence-corrected chi connectivity index (χ4v) is 5.13. The second kappa shape index (κ2) is 13.1. The number of rotatable bonds is 11. The fourth-order valence-electron chi connectivity index (χ4n) is 5.13. The molecule has 0 radical (unpaired) electrons. The number of likely N-dealkylation sites (tertiary alicyclic amines) is 1. The third kappa shape index (κ3) is 6.81. The molecule has 2 aliphatic heterocycles. The van der Waals surface area contributed by atoms with E-state index in [2.05, 4.69) is 13.8 Å². The van der Waals surface area contributed by atoms with Gasteiger partial charge in [-0.15, -0.1) is 0 Å². The van der Waals surface area contributed by atoms with E-state index in [-0.39, 0.29) is 5.57 Å². The number of nitrogens with zero attached hydrogens (tertiary/aromatic N) is 1. The van der Waals surface area contributed by atoms with Crippen LogP contribution in [0, 0.1) is 12.8 Å². The van der Waals surface area contributed by atoms with Crippen LogP contribution in [-0.2, 0) is 14.3 Å². The molecule has 1 N–H and O–H groups in total. The number of amides is 1. The molecule has 210 valence electrons. The van der Waals surface area contributed by atoms with Crippen molar-refractivity contribution in [3.63, 3.8) is 0 Å². The zero-order valence-corrected chi connectivity index (χ0v) is 23.5. The van der Waals surface area contributed by atoms with Crippen molar-refractivity contribution in [2.45, 2.75) is 40.2 Å². The number of ether oxygens (including phenoxy) is 3. The minimum Gasteiger partial charge on any atom is -0.872 e. The maximum atomic E-state index is 13.8. The number of nitrogens with one attached hydrogen (secondary N) is 1. The van der Waals surface area contributed by atoms with Gasteiger partial charge in [-0.25, -0.2) is 0 Å². The van der Waals surface area contributed by atoms with Crippen molar-refractivity contribution >= 4 is 17.4 Å². The summed E-state index contributed by atoms with van der Waals surface area (Å²) in [6, 6.07) is 11.7. The van der Waals surface area contributed by atoms with Crippen molar-refractivity contribution in [3.8, 4) is 11.5 Å². The number of morpholine rings is 1. The van der Waals surface area contributed by atoms with Gasteiger partial charge in [-0.3, -0.25) is 9.59 Å². The van der Waals surface area contributed by atoms with Crippen LogP contribution in [-0.4, -0.2) is 69.2 Å². The van der Waals surface area contributed by atoms with Gasteiger partial charge in [0.1, 0.15) is 24.6 Å². The number of Topliss-reactive ketones (excluding diaryl/α,β-unsaturated/α-hetero) is 1. The number of carbonyl (C=O) groups excluding carboxylic acids is 2. The Kier molecular flexibility index (Phi) is 9.64. The third-order valence-corrected chi connectivity index (χ3v) is 7.17. The molecule has 2 fully saturated rings. The number of hydrogen-bond acceptors (Lipinski definition) is 6. The molecule has 2 aliphatic rings. The number of benzene rings is 2. The minimum absolute atomic E-state index is 0.00173. The van der Waals surface area contributed by atoms with E-state index in [4.69, 9.17) is 14.2 Å². The molecule has 2 aromatic rings. The number of aryl methyl sites for hydroxylation is 1. The van der Waals surface area contributed by atoms with E-state index in [0.29, 0.717) is 48.3 Å². The van der Waals surface area contributed by atoms with Crippen molar-refractivity contribution < 1.29 is 33.8 Å². The summed E-state index contributed by atoms with van der Waals surface area (Å²) in [6.45, 7) is 13.6. The summed E-state index contributed by atoms with van der Waals surface area (Å²) in [6.07, 6.45) is 0.727. The molecule has 0 aromatic heterocycles. The number of ketones is 1. The summed E-state index contributed by atoms with van der Waals surface area (Å²) in [5, 5.41) is 13.8. The van der Waals surface area contributed by atoms with Crippen molar-refractivity contribution in [2.24, 2.45) is 5.92 Å². The molecule has 0 aliphatic carbocycles. The van der Waals surface area contributed by atoms with Gasteiger partial charge in [-0.05, 0) is 60.7 Å². The molecule has 39 heavy (non-hydrogen) atoms. The lowest BCUT2D eigenvalue weighted by Gasteiger charge is -2.29. The Hall–Kier alpha value is -3.36. The Morgan fingerprint density at radius 1 is 1.10 bits per heavy atom. The van der Waals surface area contributed by atoms with Gasteiger partial charge < -0.3 is 29.1 Å². The van der Waals surface area contributed by atoms with Gasteiger partial charge in [0.15, 0.2) is 0 Å². The highest BCUT2D eigenvalue weighted by Gasteiger charge is 2.44. The first-order chi connectivity index (χ1) is 18.8. The summed E-state index contributed by atoms with van der Waals surface area (Å²) in [7, 11) is 0. The molecule has 0 bridgehead atoms. The zero-order valence-electron chi connectivity index (χ0n) is 23.5. The summed E-state index contributed by atoms with van der Waals surface area (Å²) < 4.78 is 16.9. The van der Waals surface area contributed by atoms with E-state index in [9.17, 15) is 14.7 Å². The van der Waals surface area contributed by atoms with Crippen LogP contribution >= 0.6 is 0 Å². The normalized spacial score (nSPS) is 19.6. The van der Waals surface area contributed by atoms with Crippen LogP contribution in [0.25, 0.3) is 5.76 Å². The van der Waals surface area contributed by atoms with Crippen LogP contribution in [0.3, 0.4) is 0 Å². The Balaban J connectivity index is 1.66. The third-order valence-electron chi connectivity index (χ3n) is 7.17. The van der Waals surface area contributed by atoms with Crippen LogP contribution in [0.2, 0.25) is 0 Å². The fraction of sp³-hybridized carbons (Fsp3) is 0.484. The van der Waals surface area contributed by atoms with Gasteiger partial charge in [-0.1, -0.05) is 37.8 Å². The topological polar surface area (TPSA) is 92.6 Å².